The van der Waals surface area contributed by atoms with Crippen molar-refractivity contribution in [1.82, 2.24) is 0 Å². The van der Waals surface area contributed by atoms with Crippen LogP contribution in [-0.2, 0) is 9.53 Å². The Morgan fingerprint density at radius 2 is 1.76 bits per heavy atom. The molecule has 0 amide bonds. The lowest BCUT2D eigenvalue weighted by atomic mass is 9.72. The number of carbonyl (C=O) groups excluding carboxylic acids is 1. The Bertz CT molecular complexity index is 316. The maximum Gasteiger partial charge on any atom is 0.312 e. The summed E-state index contributed by atoms with van der Waals surface area (Å²) in [5.41, 5.74) is -0.317. The van der Waals surface area contributed by atoms with Crippen molar-refractivity contribution >= 4 is 5.97 Å². The summed E-state index contributed by atoms with van der Waals surface area (Å²) in [5, 5.41) is 0. The number of carbonyl (C=O) groups is 1. The van der Waals surface area contributed by atoms with Gasteiger partial charge in [-0.3, -0.25) is 4.79 Å². The lowest BCUT2D eigenvalue weighted by Crippen LogP contribution is -2.39. The van der Waals surface area contributed by atoms with Crippen molar-refractivity contribution in [3.8, 4) is 0 Å². The zero-order valence-electron chi connectivity index (χ0n) is 15.1. The molecule has 2 atom stereocenters. The van der Waals surface area contributed by atoms with Gasteiger partial charge >= 0.3 is 5.97 Å². The van der Waals surface area contributed by atoms with Crippen LogP contribution in [0.4, 0.5) is 0 Å². The van der Waals surface area contributed by atoms with Crippen molar-refractivity contribution < 1.29 is 9.53 Å². The summed E-state index contributed by atoms with van der Waals surface area (Å²) in [4.78, 5) is 12.8. The first-order valence-electron chi connectivity index (χ1n) is 9.00. The molecule has 0 heterocycles. The van der Waals surface area contributed by atoms with E-state index in [9.17, 15) is 4.79 Å². The van der Waals surface area contributed by atoms with Gasteiger partial charge in [-0.25, -0.2) is 0 Å². The summed E-state index contributed by atoms with van der Waals surface area (Å²) in [5.74, 6) is 1.86. The van der Waals surface area contributed by atoms with E-state index in [1.807, 2.05) is 0 Å². The maximum absolute atomic E-state index is 12.8. The minimum atomic E-state index is -0.317. The van der Waals surface area contributed by atoms with Gasteiger partial charge in [0.15, 0.2) is 0 Å². The highest BCUT2D eigenvalue weighted by atomic mass is 16.5. The molecule has 1 aliphatic carbocycles. The van der Waals surface area contributed by atoms with E-state index in [-0.39, 0.29) is 17.5 Å². The van der Waals surface area contributed by atoms with E-state index < -0.39 is 0 Å². The first-order valence-corrected chi connectivity index (χ1v) is 9.00. The second kappa shape index (κ2) is 8.19. The molecule has 0 aromatic rings. The van der Waals surface area contributed by atoms with Gasteiger partial charge in [0, 0.05) is 0 Å². The molecular formula is C19H36O2. The molecule has 124 valence electrons. The fourth-order valence-corrected chi connectivity index (χ4v) is 3.22. The van der Waals surface area contributed by atoms with E-state index in [2.05, 4.69) is 41.5 Å². The van der Waals surface area contributed by atoms with Gasteiger partial charge in [0.25, 0.3) is 0 Å². The van der Waals surface area contributed by atoms with Crippen LogP contribution in [0.5, 0.6) is 0 Å². The molecule has 0 bridgehead atoms. The second-order valence-electron chi connectivity index (χ2n) is 7.95. The zero-order chi connectivity index (χ0) is 16.0. The summed E-state index contributed by atoms with van der Waals surface area (Å²) in [6, 6.07) is 0. The summed E-state index contributed by atoms with van der Waals surface area (Å²) < 4.78 is 5.92. The van der Waals surface area contributed by atoms with Crippen molar-refractivity contribution in [2.45, 2.75) is 92.6 Å². The molecule has 0 aromatic carbocycles. The highest BCUT2D eigenvalue weighted by Gasteiger charge is 2.40. The molecule has 1 aliphatic rings. The summed E-state index contributed by atoms with van der Waals surface area (Å²) in [6.07, 6.45) is 7.73. The van der Waals surface area contributed by atoms with Gasteiger partial charge in [0.1, 0.15) is 6.10 Å². The van der Waals surface area contributed by atoms with E-state index in [4.69, 9.17) is 4.74 Å². The highest BCUT2D eigenvalue weighted by molar-refractivity contribution is 5.77. The monoisotopic (exact) mass is 296 g/mol. The lowest BCUT2D eigenvalue weighted by Gasteiger charge is -2.36. The Morgan fingerprint density at radius 1 is 1.19 bits per heavy atom. The van der Waals surface area contributed by atoms with Crippen molar-refractivity contribution in [1.29, 1.82) is 0 Å². The van der Waals surface area contributed by atoms with Gasteiger partial charge in [0.05, 0.1) is 5.41 Å². The third-order valence-electron chi connectivity index (χ3n) is 5.64. The first kappa shape index (κ1) is 18.5. The van der Waals surface area contributed by atoms with Crippen molar-refractivity contribution in [3.05, 3.63) is 0 Å². The van der Waals surface area contributed by atoms with Gasteiger partial charge in [-0.05, 0) is 63.2 Å². The average Bonchev–Trinajstić information content (AvgIpc) is 2.46. The molecule has 1 fully saturated rings. The van der Waals surface area contributed by atoms with E-state index in [1.165, 1.54) is 12.8 Å². The Balaban J connectivity index is 2.66. The molecule has 0 aliphatic heterocycles. The molecule has 2 unspecified atom stereocenters. The van der Waals surface area contributed by atoms with Gasteiger partial charge in [-0.1, -0.05) is 41.0 Å². The van der Waals surface area contributed by atoms with E-state index in [0.29, 0.717) is 11.8 Å². The number of hydrogen-bond donors (Lipinski definition) is 0. The van der Waals surface area contributed by atoms with Crippen LogP contribution in [0.1, 0.15) is 86.5 Å². The topological polar surface area (TPSA) is 26.3 Å². The fourth-order valence-electron chi connectivity index (χ4n) is 3.22. The summed E-state index contributed by atoms with van der Waals surface area (Å²) in [7, 11) is 0. The lowest BCUT2D eigenvalue weighted by molar-refractivity contribution is -0.166. The Kier molecular flexibility index (Phi) is 7.23. The Hall–Kier alpha value is -0.530. The number of esters is 1. The third-order valence-corrected chi connectivity index (χ3v) is 5.64. The molecule has 0 saturated heterocycles. The van der Waals surface area contributed by atoms with Crippen LogP contribution in [0.15, 0.2) is 0 Å². The maximum atomic E-state index is 12.8. The zero-order valence-corrected chi connectivity index (χ0v) is 15.1. The normalized spacial score (nSPS) is 27.2. The van der Waals surface area contributed by atoms with Crippen LogP contribution in [0.2, 0.25) is 0 Å². The van der Waals surface area contributed by atoms with Gasteiger partial charge in [-0.15, -0.1) is 0 Å². The van der Waals surface area contributed by atoms with Crippen LogP contribution in [-0.4, -0.2) is 12.1 Å². The highest BCUT2D eigenvalue weighted by Crippen LogP contribution is 2.38. The van der Waals surface area contributed by atoms with Crippen molar-refractivity contribution in [3.63, 3.8) is 0 Å². The standard InChI is InChI=1S/C19H36O2/c1-7-16(5)19(6,13-12-14(2)3)18(20)21-17-10-8-15(4)9-11-17/h14-17H,7-13H2,1-6H3. The van der Waals surface area contributed by atoms with E-state index >= 15 is 0 Å². The van der Waals surface area contributed by atoms with Gasteiger partial charge < -0.3 is 4.74 Å². The molecule has 2 nitrogen and oxygen atoms in total. The second-order valence-corrected chi connectivity index (χ2v) is 7.95. The molecular weight excluding hydrogens is 260 g/mol. The minimum Gasteiger partial charge on any atom is -0.462 e. The van der Waals surface area contributed by atoms with Gasteiger partial charge in [0.2, 0.25) is 0 Å². The molecule has 0 aromatic heterocycles. The molecule has 2 heteroatoms. The van der Waals surface area contributed by atoms with Crippen LogP contribution in [0.25, 0.3) is 0 Å². The summed E-state index contributed by atoms with van der Waals surface area (Å²) >= 11 is 0. The first-order chi connectivity index (χ1) is 9.79. The van der Waals surface area contributed by atoms with Crippen LogP contribution >= 0.6 is 0 Å². The Morgan fingerprint density at radius 3 is 2.24 bits per heavy atom. The number of hydrogen-bond acceptors (Lipinski definition) is 2. The predicted molar refractivity (Wildman–Crippen MR) is 89.1 cm³/mol. The molecule has 0 radical (unpaired) electrons. The average molecular weight is 296 g/mol. The van der Waals surface area contributed by atoms with Crippen LogP contribution < -0.4 is 0 Å². The van der Waals surface area contributed by atoms with Crippen molar-refractivity contribution in [2.24, 2.45) is 23.2 Å². The molecule has 1 rings (SSSR count). The predicted octanol–water partition coefficient (Wildman–Crippen LogP) is 5.60. The molecule has 21 heavy (non-hydrogen) atoms. The van der Waals surface area contributed by atoms with Crippen LogP contribution in [0.3, 0.4) is 0 Å². The Labute approximate surface area is 132 Å². The van der Waals surface area contributed by atoms with Gasteiger partial charge in [-0.2, -0.15) is 0 Å². The third kappa shape index (κ3) is 5.30. The quantitative estimate of drug-likeness (QED) is 0.572. The van der Waals surface area contributed by atoms with Crippen LogP contribution in [0, 0.1) is 23.2 Å². The minimum absolute atomic E-state index is 0.0528. The number of rotatable bonds is 7. The largest absolute Gasteiger partial charge is 0.462 e. The molecule has 1 saturated carbocycles. The molecule has 0 spiro atoms. The fraction of sp³-hybridized carbons (Fsp3) is 0.947. The smallest absolute Gasteiger partial charge is 0.312 e. The molecule has 0 N–H and O–H groups in total. The summed E-state index contributed by atoms with van der Waals surface area (Å²) in [6.45, 7) is 13.2. The van der Waals surface area contributed by atoms with E-state index in [0.717, 1.165) is 38.0 Å². The number of ether oxygens (including phenoxy) is 1. The van der Waals surface area contributed by atoms with E-state index in [1.54, 1.807) is 0 Å². The SMILES string of the molecule is CCC(C)C(C)(CCC(C)C)C(=O)OC1CCC(C)CC1. The van der Waals surface area contributed by atoms with Crippen molar-refractivity contribution in [2.75, 3.05) is 0 Å².